The van der Waals surface area contributed by atoms with Crippen LogP contribution in [-0.4, -0.2) is 16.0 Å². The molecule has 20 heavy (non-hydrogen) atoms. The fraction of sp³-hybridized carbons (Fsp3) is 0.250. The van der Waals surface area contributed by atoms with E-state index in [0.29, 0.717) is 12.0 Å². The summed E-state index contributed by atoms with van der Waals surface area (Å²) >= 11 is 0. The first-order valence-electron chi connectivity index (χ1n) is 5.65. The van der Waals surface area contributed by atoms with Crippen molar-refractivity contribution in [2.24, 2.45) is 5.73 Å². The number of carbonyl (C=O) groups excluding carboxylic acids is 1. The van der Waals surface area contributed by atoms with Crippen LogP contribution in [-0.2, 0) is 17.4 Å². The van der Waals surface area contributed by atoms with E-state index in [4.69, 9.17) is 5.73 Å². The highest BCUT2D eigenvalue weighted by molar-refractivity contribution is 5.74. The molecule has 0 aliphatic carbocycles. The number of hydrogen-bond donors (Lipinski definition) is 1. The van der Waals surface area contributed by atoms with Gasteiger partial charge in [-0.25, -0.2) is 0 Å². The van der Waals surface area contributed by atoms with E-state index in [-0.39, 0.29) is 12.2 Å². The second-order valence-corrected chi connectivity index (χ2v) is 4.08. The molecule has 0 aliphatic heterocycles. The standard InChI is InChI=1S/C12H10F3N3O2/c13-12(14,15)11-17-10(18-20-11)8-4-1-7(2-5-8)3-6-9(16)19/h1-2,4-5H,3,6H2,(H2,16,19). The van der Waals surface area contributed by atoms with E-state index in [9.17, 15) is 18.0 Å². The summed E-state index contributed by atoms with van der Waals surface area (Å²) in [7, 11) is 0. The van der Waals surface area contributed by atoms with Gasteiger partial charge < -0.3 is 10.3 Å². The molecule has 1 heterocycles. The van der Waals surface area contributed by atoms with Crippen molar-refractivity contribution in [2.75, 3.05) is 0 Å². The quantitative estimate of drug-likeness (QED) is 0.933. The number of carbonyl (C=O) groups is 1. The zero-order valence-electron chi connectivity index (χ0n) is 10.1. The number of nitrogens with zero attached hydrogens (tertiary/aromatic N) is 2. The van der Waals surface area contributed by atoms with Crippen LogP contribution in [0.4, 0.5) is 13.2 Å². The normalized spacial score (nSPS) is 11.6. The summed E-state index contributed by atoms with van der Waals surface area (Å²) in [5, 5.41) is 3.28. The van der Waals surface area contributed by atoms with E-state index < -0.39 is 18.0 Å². The fourth-order valence-corrected chi connectivity index (χ4v) is 1.54. The van der Waals surface area contributed by atoms with Crippen molar-refractivity contribution in [3.05, 3.63) is 35.7 Å². The molecule has 1 amide bonds. The monoisotopic (exact) mass is 285 g/mol. The maximum atomic E-state index is 12.3. The first-order chi connectivity index (χ1) is 9.36. The van der Waals surface area contributed by atoms with E-state index in [1.165, 1.54) is 0 Å². The van der Waals surface area contributed by atoms with Gasteiger partial charge in [0.15, 0.2) is 0 Å². The van der Waals surface area contributed by atoms with E-state index >= 15 is 0 Å². The Morgan fingerprint density at radius 1 is 1.25 bits per heavy atom. The molecule has 0 atom stereocenters. The first kappa shape index (κ1) is 14.0. The molecule has 1 aromatic carbocycles. The van der Waals surface area contributed by atoms with Gasteiger partial charge in [0.1, 0.15) is 0 Å². The molecule has 0 radical (unpaired) electrons. The fourth-order valence-electron chi connectivity index (χ4n) is 1.54. The summed E-state index contributed by atoms with van der Waals surface area (Å²) in [6.45, 7) is 0. The number of benzene rings is 1. The average Bonchev–Trinajstić information content (AvgIpc) is 2.86. The molecular weight excluding hydrogens is 275 g/mol. The van der Waals surface area contributed by atoms with Crippen molar-refractivity contribution in [3.63, 3.8) is 0 Å². The lowest BCUT2D eigenvalue weighted by atomic mass is 10.1. The molecule has 5 nitrogen and oxygen atoms in total. The molecule has 0 spiro atoms. The molecule has 0 fully saturated rings. The van der Waals surface area contributed by atoms with Crippen molar-refractivity contribution in [2.45, 2.75) is 19.0 Å². The summed E-state index contributed by atoms with van der Waals surface area (Å²) in [5.41, 5.74) is 6.26. The van der Waals surface area contributed by atoms with Gasteiger partial charge in [-0.05, 0) is 12.0 Å². The van der Waals surface area contributed by atoms with Gasteiger partial charge in [0.25, 0.3) is 0 Å². The topological polar surface area (TPSA) is 82.0 Å². The highest BCUT2D eigenvalue weighted by Gasteiger charge is 2.38. The van der Waals surface area contributed by atoms with Crippen molar-refractivity contribution < 1.29 is 22.5 Å². The Hall–Kier alpha value is -2.38. The first-order valence-corrected chi connectivity index (χ1v) is 5.65. The number of hydrogen-bond acceptors (Lipinski definition) is 4. The smallest absolute Gasteiger partial charge is 0.370 e. The Labute approximate surface area is 111 Å². The van der Waals surface area contributed by atoms with Crippen molar-refractivity contribution in [3.8, 4) is 11.4 Å². The van der Waals surface area contributed by atoms with Crippen LogP contribution in [0.25, 0.3) is 11.4 Å². The third-order valence-corrected chi connectivity index (χ3v) is 2.54. The zero-order chi connectivity index (χ0) is 14.8. The van der Waals surface area contributed by atoms with Crippen molar-refractivity contribution in [1.29, 1.82) is 0 Å². The Bertz CT molecular complexity index is 605. The van der Waals surface area contributed by atoms with Crippen molar-refractivity contribution in [1.82, 2.24) is 10.1 Å². The molecule has 0 saturated carbocycles. The van der Waals surface area contributed by atoms with E-state index in [1.54, 1.807) is 24.3 Å². The van der Waals surface area contributed by atoms with Gasteiger partial charge in [-0.3, -0.25) is 4.79 Å². The van der Waals surface area contributed by atoms with E-state index in [1.807, 2.05) is 0 Å². The van der Waals surface area contributed by atoms with E-state index in [2.05, 4.69) is 14.7 Å². The molecule has 106 valence electrons. The number of rotatable bonds is 4. The lowest BCUT2D eigenvalue weighted by Gasteiger charge is -2.00. The SMILES string of the molecule is NC(=O)CCc1ccc(-c2noc(C(F)(F)F)n2)cc1. The Morgan fingerprint density at radius 3 is 2.40 bits per heavy atom. The minimum Gasteiger partial charge on any atom is -0.370 e. The summed E-state index contributed by atoms with van der Waals surface area (Å²) in [6.07, 6.45) is -3.98. The summed E-state index contributed by atoms with van der Waals surface area (Å²) in [4.78, 5) is 13.9. The molecule has 1 aromatic heterocycles. The third-order valence-electron chi connectivity index (χ3n) is 2.54. The molecule has 0 aliphatic rings. The van der Waals surface area contributed by atoms with Crippen LogP contribution in [0.2, 0.25) is 0 Å². The molecule has 0 saturated heterocycles. The average molecular weight is 285 g/mol. The van der Waals surface area contributed by atoms with Crippen LogP contribution >= 0.6 is 0 Å². The maximum absolute atomic E-state index is 12.3. The minimum absolute atomic E-state index is 0.140. The number of nitrogens with two attached hydrogens (primary N) is 1. The second kappa shape index (κ2) is 5.32. The van der Waals surface area contributed by atoms with Gasteiger partial charge in [-0.1, -0.05) is 29.4 Å². The summed E-state index contributed by atoms with van der Waals surface area (Å²) in [5.74, 6) is -1.94. The Balaban J connectivity index is 2.14. The number of amides is 1. The second-order valence-electron chi connectivity index (χ2n) is 4.08. The number of aromatic nitrogens is 2. The van der Waals surface area contributed by atoms with Gasteiger partial charge >= 0.3 is 12.1 Å². The van der Waals surface area contributed by atoms with Gasteiger partial charge in [-0.15, -0.1) is 0 Å². The van der Waals surface area contributed by atoms with Gasteiger partial charge in [0.2, 0.25) is 11.7 Å². The molecular formula is C12H10F3N3O2. The van der Waals surface area contributed by atoms with Crippen molar-refractivity contribution >= 4 is 5.91 Å². The molecule has 2 N–H and O–H groups in total. The predicted molar refractivity (Wildman–Crippen MR) is 62.3 cm³/mol. The highest BCUT2D eigenvalue weighted by Crippen LogP contribution is 2.29. The molecule has 8 heteroatoms. The minimum atomic E-state index is -4.66. The van der Waals surface area contributed by atoms with Crippen LogP contribution in [0.1, 0.15) is 17.9 Å². The molecule has 2 aromatic rings. The van der Waals surface area contributed by atoms with Crippen LogP contribution < -0.4 is 5.73 Å². The Morgan fingerprint density at radius 2 is 1.90 bits per heavy atom. The predicted octanol–water partition coefficient (Wildman–Crippen LogP) is 2.17. The van der Waals surface area contributed by atoms with Gasteiger partial charge in [-0.2, -0.15) is 18.2 Å². The maximum Gasteiger partial charge on any atom is 0.471 e. The zero-order valence-corrected chi connectivity index (χ0v) is 10.1. The number of alkyl halides is 3. The number of primary amides is 1. The molecule has 2 rings (SSSR count). The number of halogens is 3. The lowest BCUT2D eigenvalue weighted by Crippen LogP contribution is -2.11. The molecule has 0 unspecified atom stereocenters. The molecule has 0 bridgehead atoms. The largest absolute Gasteiger partial charge is 0.471 e. The van der Waals surface area contributed by atoms with E-state index in [0.717, 1.165) is 5.56 Å². The number of aryl methyl sites for hydroxylation is 1. The highest BCUT2D eigenvalue weighted by atomic mass is 19.4. The Kier molecular flexibility index (Phi) is 3.73. The van der Waals surface area contributed by atoms with Crippen LogP contribution in [0.3, 0.4) is 0 Å². The van der Waals surface area contributed by atoms with Crippen LogP contribution in [0.5, 0.6) is 0 Å². The van der Waals surface area contributed by atoms with Crippen LogP contribution in [0.15, 0.2) is 28.8 Å². The lowest BCUT2D eigenvalue weighted by molar-refractivity contribution is -0.159. The van der Waals surface area contributed by atoms with Crippen LogP contribution in [0, 0.1) is 0 Å². The third kappa shape index (κ3) is 3.34. The summed E-state index contributed by atoms with van der Waals surface area (Å²) < 4.78 is 41.1. The van der Waals surface area contributed by atoms with Gasteiger partial charge in [0, 0.05) is 12.0 Å². The van der Waals surface area contributed by atoms with Gasteiger partial charge in [0.05, 0.1) is 0 Å². The summed E-state index contributed by atoms with van der Waals surface area (Å²) in [6, 6.07) is 6.45.